The zero-order valence-electron chi connectivity index (χ0n) is 5.31. The molecule has 1 aliphatic rings. The van der Waals surface area contributed by atoms with Crippen molar-refractivity contribution in [3.8, 4) is 0 Å². The number of rotatable bonds is 0. The van der Waals surface area contributed by atoms with Crippen LogP contribution in [0.25, 0.3) is 0 Å². The van der Waals surface area contributed by atoms with Gasteiger partial charge in [-0.05, 0) is 35.9 Å². The molecule has 1 fully saturated rings. The van der Waals surface area contributed by atoms with Crippen molar-refractivity contribution in [2.45, 2.75) is 19.3 Å². The Hall–Kier alpha value is 0.310. The Kier molecular flexibility index (Phi) is 8.60. The van der Waals surface area contributed by atoms with Crippen LogP contribution in [0.5, 0.6) is 0 Å². The summed E-state index contributed by atoms with van der Waals surface area (Å²) in [7, 11) is 0. The largest absolute Gasteiger partial charge is 0.285 e. The summed E-state index contributed by atoms with van der Waals surface area (Å²) < 4.78 is 0. The summed E-state index contributed by atoms with van der Waals surface area (Å²) in [6.45, 7) is 0. The standard InChI is InChI=1S/C5H10S.CHClO/c1-2-4-6-5-3-1;2-1-3/h1-5H2;1H. The van der Waals surface area contributed by atoms with E-state index in [1.807, 2.05) is 0 Å². The number of hydrogen-bond donors (Lipinski definition) is 0. The average Bonchev–Trinajstić information content (AvgIpc) is 1.93. The van der Waals surface area contributed by atoms with Gasteiger partial charge in [0.25, 0.3) is 0 Å². The molecule has 0 radical (unpaired) electrons. The SMILES string of the molecule is C1CCSCC1.O=CCl. The van der Waals surface area contributed by atoms with Crippen LogP contribution in [-0.2, 0) is 4.79 Å². The second-order valence-corrected chi connectivity index (χ2v) is 3.17. The van der Waals surface area contributed by atoms with Gasteiger partial charge in [-0.2, -0.15) is 11.8 Å². The topological polar surface area (TPSA) is 17.1 Å². The number of thioether (sulfide) groups is 1. The Morgan fingerprint density at radius 3 is 1.78 bits per heavy atom. The van der Waals surface area contributed by atoms with Crippen LogP contribution in [0, 0.1) is 0 Å². The molecule has 0 aliphatic carbocycles. The lowest BCUT2D eigenvalue weighted by molar-refractivity contribution is 0.569. The summed E-state index contributed by atoms with van der Waals surface area (Å²) in [4.78, 5) is 8.57. The molecule has 1 saturated heterocycles. The van der Waals surface area contributed by atoms with Crippen LogP contribution in [0.4, 0.5) is 0 Å². The van der Waals surface area contributed by atoms with Crippen LogP contribution in [-0.4, -0.2) is 17.3 Å². The van der Waals surface area contributed by atoms with Crippen molar-refractivity contribution in [3.63, 3.8) is 0 Å². The lowest BCUT2D eigenvalue weighted by Gasteiger charge is -2.05. The lowest BCUT2D eigenvalue weighted by atomic mass is 10.3. The number of hydrogen-bond acceptors (Lipinski definition) is 2. The Labute approximate surface area is 65.2 Å². The summed E-state index contributed by atoms with van der Waals surface area (Å²) in [5.41, 5.74) is 0. The minimum atomic E-state index is 0.222. The van der Waals surface area contributed by atoms with Crippen LogP contribution < -0.4 is 0 Å². The van der Waals surface area contributed by atoms with E-state index in [4.69, 9.17) is 4.79 Å². The van der Waals surface area contributed by atoms with Gasteiger partial charge in [0.05, 0.1) is 0 Å². The van der Waals surface area contributed by atoms with Crippen molar-refractivity contribution >= 4 is 29.1 Å². The van der Waals surface area contributed by atoms with Gasteiger partial charge in [0.15, 0.2) is 0 Å². The van der Waals surface area contributed by atoms with Gasteiger partial charge in [0.2, 0.25) is 5.75 Å². The van der Waals surface area contributed by atoms with Gasteiger partial charge in [0, 0.05) is 0 Å². The molecular formula is C6H11ClOS. The van der Waals surface area contributed by atoms with Gasteiger partial charge in [-0.3, -0.25) is 4.79 Å². The van der Waals surface area contributed by atoms with E-state index in [0.717, 1.165) is 0 Å². The predicted molar refractivity (Wildman–Crippen MR) is 43.8 cm³/mol. The maximum absolute atomic E-state index is 8.57. The van der Waals surface area contributed by atoms with Crippen molar-refractivity contribution in [2.75, 3.05) is 11.5 Å². The fraction of sp³-hybridized carbons (Fsp3) is 0.833. The summed E-state index contributed by atoms with van der Waals surface area (Å²) in [5.74, 6) is 3.06. The van der Waals surface area contributed by atoms with Gasteiger partial charge in [-0.1, -0.05) is 6.42 Å². The molecule has 0 bridgehead atoms. The molecule has 0 aromatic rings. The Morgan fingerprint density at radius 2 is 1.67 bits per heavy atom. The molecule has 1 heterocycles. The lowest BCUT2D eigenvalue weighted by Crippen LogP contribution is -1.91. The third-order valence-corrected chi connectivity index (χ3v) is 2.23. The third-order valence-electron chi connectivity index (χ3n) is 1.08. The molecule has 0 N–H and O–H groups in total. The van der Waals surface area contributed by atoms with Crippen molar-refractivity contribution in [2.24, 2.45) is 0 Å². The maximum atomic E-state index is 8.57. The highest BCUT2D eigenvalue weighted by Gasteiger charge is 1.95. The van der Waals surface area contributed by atoms with E-state index >= 15 is 0 Å². The molecule has 0 aromatic carbocycles. The van der Waals surface area contributed by atoms with Gasteiger partial charge >= 0.3 is 0 Å². The molecular weight excluding hydrogens is 156 g/mol. The number of carbonyl (C=O) groups excluding carboxylic acids is 1. The summed E-state index contributed by atoms with van der Waals surface area (Å²) in [6.07, 6.45) is 4.41. The predicted octanol–water partition coefficient (Wildman–Crippen LogP) is 2.32. The monoisotopic (exact) mass is 166 g/mol. The fourth-order valence-electron chi connectivity index (χ4n) is 0.687. The first-order chi connectivity index (χ1) is 4.41. The minimum absolute atomic E-state index is 0.222. The maximum Gasteiger partial charge on any atom is 0.208 e. The van der Waals surface area contributed by atoms with E-state index in [0.29, 0.717) is 0 Å². The highest BCUT2D eigenvalue weighted by atomic mass is 35.5. The van der Waals surface area contributed by atoms with Crippen LogP contribution in [0.3, 0.4) is 0 Å². The summed E-state index contributed by atoms with van der Waals surface area (Å²) in [6, 6.07) is 0. The van der Waals surface area contributed by atoms with Gasteiger partial charge in [-0.25, -0.2) is 0 Å². The van der Waals surface area contributed by atoms with Crippen LogP contribution in [0.1, 0.15) is 19.3 Å². The molecule has 54 valence electrons. The van der Waals surface area contributed by atoms with Crippen molar-refractivity contribution in [3.05, 3.63) is 0 Å². The van der Waals surface area contributed by atoms with E-state index < -0.39 is 0 Å². The van der Waals surface area contributed by atoms with Crippen LogP contribution in [0.15, 0.2) is 0 Å². The van der Waals surface area contributed by atoms with Crippen molar-refractivity contribution < 1.29 is 4.79 Å². The van der Waals surface area contributed by atoms with Crippen molar-refractivity contribution in [1.29, 1.82) is 0 Å². The van der Waals surface area contributed by atoms with Gasteiger partial charge < -0.3 is 0 Å². The molecule has 0 atom stereocenters. The molecule has 0 unspecified atom stereocenters. The summed E-state index contributed by atoms with van der Waals surface area (Å²) >= 11 is 6.41. The fourth-order valence-corrected chi connectivity index (χ4v) is 1.71. The van der Waals surface area contributed by atoms with Crippen LogP contribution >= 0.6 is 23.4 Å². The minimum Gasteiger partial charge on any atom is -0.285 e. The Bertz CT molecular complexity index is 52.6. The van der Waals surface area contributed by atoms with E-state index in [1.54, 1.807) is 0 Å². The van der Waals surface area contributed by atoms with Gasteiger partial charge in [0.1, 0.15) is 0 Å². The zero-order valence-corrected chi connectivity index (χ0v) is 6.88. The second-order valence-electron chi connectivity index (χ2n) is 1.76. The van der Waals surface area contributed by atoms with Crippen LogP contribution in [0.2, 0.25) is 0 Å². The first-order valence-corrected chi connectivity index (χ1v) is 4.62. The summed E-state index contributed by atoms with van der Waals surface area (Å²) in [5, 5.41) is 0. The highest BCUT2D eigenvalue weighted by molar-refractivity contribution is 7.99. The van der Waals surface area contributed by atoms with E-state index in [9.17, 15) is 0 Å². The molecule has 3 heteroatoms. The zero-order chi connectivity index (χ0) is 6.95. The molecule has 0 aromatic heterocycles. The number of carbonyl (C=O) groups is 1. The highest BCUT2D eigenvalue weighted by Crippen LogP contribution is 2.14. The Balaban J connectivity index is 0.000000187. The number of halogens is 1. The smallest absolute Gasteiger partial charge is 0.208 e. The molecule has 9 heavy (non-hydrogen) atoms. The van der Waals surface area contributed by atoms with E-state index in [1.165, 1.54) is 30.8 Å². The van der Waals surface area contributed by atoms with E-state index in [-0.39, 0.29) is 5.75 Å². The first-order valence-electron chi connectivity index (χ1n) is 3.03. The molecule has 0 spiro atoms. The first kappa shape index (κ1) is 9.31. The average molecular weight is 167 g/mol. The molecule has 0 saturated carbocycles. The Morgan fingerprint density at radius 1 is 1.22 bits per heavy atom. The van der Waals surface area contributed by atoms with Crippen molar-refractivity contribution in [1.82, 2.24) is 0 Å². The molecule has 1 rings (SSSR count). The molecule has 1 nitrogen and oxygen atoms in total. The van der Waals surface area contributed by atoms with Gasteiger partial charge in [-0.15, -0.1) is 0 Å². The van der Waals surface area contributed by atoms with E-state index in [2.05, 4.69) is 23.4 Å². The normalized spacial score (nSPS) is 17.4. The molecule has 0 amide bonds. The third kappa shape index (κ3) is 8.31. The quantitative estimate of drug-likeness (QED) is 0.406. The molecule has 1 aliphatic heterocycles. The second kappa shape index (κ2) is 8.31.